The predicted octanol–water partition coefficient (Wildman–Crippen LogP) is 3.18. The summed E-state index contributed by atoms with van der Waals surface area (Å²) in [6, 6.07) is 15.7. The van der Waals surface area contributed by atoms with Crippen LogP contribution in [0.4, 0.5) is 0 Å². The van der Waals surface area contributed by atoms with E-state index in [9.17, 15) is 4.79 Å². The summed E-state index contributed by atoms with van der Waals surface area (Å²) in [7, 11) is 0. The quantitative estimate of drug-likeness (QED) is 0.863. The maximum atomic E-state index is 12.0. The van der Waals surface area contributed by atoms with Gasteiger partial charge in [0.15, 0.2) is 11.5 Å². The zero-order chi connectivity index (χ0) is 16.1. The van der Waals surface area contributed by atoms with Crippen LogP contribution in [0, 0.1) is 0 Å². The van der Waals surface area contributed by atoms with E-state index in [-0.39, 0.29) is 12.7 Å². The molecule has 1 N–H and O–H groups in total. The van der Waals surface area contributed by atoms with Crippen molar-refractivity contribution in [3.8, 4) is 11.5 Å². The fraction of sp³-hybridized carbons (Fsp3) is 0.211. The van der Waals surface area contributed by atoms with Crippen molar-refractivity contribution in [1.29, 1.82) is 0 Å². The summed E-state index contributed by atoms with van der Waals surface area (Å²) in [5.41, 5.74) is 3.11. The first-order chi connectivity index (χ1) is 11.2. The number of nitrogens with one attached hydrogen (secondary N) is 1. The van der Waals surface area contributed by atoms with E-state index < -0.39 is 0 Å². The van der Waals surface area contributed by atoms with Gasteiger partial charge in [-0.25, -0.2) is 0 Å². The highest BCUT2D eigenvalue weighted by atomic mass is 16.7. The Balaban J connectivity index is 1.51. The lowest BCUT2D eigenvalue weighted by Crippen LogP contribution is -2.23. The van der Waals surface area contributed by atoms with Gasteiger partial charge in [-0.15, -0.1) is 0 Å². The Labute approximate surface area is 135 Å². The Bertz CT molecular complexity index is 723. The predicted molar refractivity (Wildman–Crippen MR) is 89.4 cm³/mol. The number of carbonyl (C=O) groups excluding carboxylic acids is 1. The molecule has 4 nitrogen and oxygen atoms in total. The number of benzene rings is 2. The summed E-state index contributed by atoms with van der Waals surface area (Å²) < 4.78 is 10.6. The van der Waals surface area contributed by atoms with Gasteiger partial charge in [0.05, 0.1) is 0 Å². The smallest absolute Gasteiger partial charge is 0.244 e. The molecule has 0 saturated carbocycles. The van der Waals surface area contributed by atoms with Crippen LogP contribution in [0.15, 0.2) is 54.6 Å². The molecule has 1 amide bonds. The maximum absolute atomic E-state index is 12.0. The highest BCUT2D eigenvalue weighted by molar-refractivity contribution is 5.94. The zero-order valence-corrected chi connectivity index (χ0v) is 13.0. The van der Waals surface area contributed by atoms with Gasteiger partial charge in [0, 0.05) is 12.6 Å². The molecule has 1 aliphatic rings. The van der Waals surface area contributed by atoms with Gasteiger partial charge in [-0.05, 0) is 42.2 Å². The molecule has 1 heterocycles. The first kappa shape index (κ1) is 15.2. The molecule has 1 aliphatic heterocycles. The van der Waals surface area contributed by atoms with E-state index in [1.165, 1.54) is 0 Å². The average Bonchev–Trinajstić information content (AvgIpc) is 3.03. The standard InChI is InChI=1S/C19H19NO3/c1-14(16-5-3-2-4-6-16)11-19(21)20-10-9-15-7-8-17-18(12-15)23-13-22-17/h2-8,11-12H,9-10,13H2,1H3,(H,20,21)/b14-11+. The van der Waals surface area contributed by atoms with E-state index in [0.29, 0.717) is 6.54 Å². The third kappa shape index (κ3) is 3.92. The molecule has 0 fully saturated rings. The van der Waals surface area contributed by atoms with Gasteiger partial charge < -0.3 is 14.8 Å². The Kier molecular flexibility index (Phi) is 4.62. The number of rotatable bonds is 5. The van der Waals surface area contributed by atoms with Gasteiger partial charge in [0.1, 0.15) is 0 Å². The lowest BCUT2D eigenvalue weighted by molar-refractivity contribution is -0.116. The molecule has 0 saturated heterocycles. The van der Waals surface area contributed by atoms with Crippen molar-refractivity contribution < 1.29 is 14.3 Å². The van der Waals surface area contributed by atoms with E-state index >= 15 is 0 Å². The van der Waals surface area contributed by atoms with Crippen LogP contribution >= 0.6 is 0 Å². The van der Waals surface area contributed by atoms with Crippen LogP contribution in [0.3, 0.4) is 0 Å². The number of allylic oxidation sites excluding steroid dienone is 1. The SMILES string of the molecule is C/C(=C\C(=O)NCCc1ccc2c(c1)OCO2)c1ccccc1. The molecule has 2 aromatic carbocycles. The number of ether oxygens (including phenoxy) is 2. The lowest BCUT2D eigenvalue weighted by atomic mass is 10.1. The molecule has 0 radical (unpaired) electrons. The van der Waals surface area contributed by atoms with E-state index in [1.807, 2.05) is 55.5 Å². The second kappa shape index (κ2) is 7.01. The summed E-state index contributed by atoms with van der Waals surface area (Å²) in [5.74, 6) is 1.47. The maximum Gasteiger partial charge on any atom is 0.244 e. The van der Waals surface area contributed by atoms with Crippen LogP contribution in [0.1, 0.15) is 18.1 Å². The van der Waals surface area contributed by atoms with Crippen molar-refractivity contribution in [1.82, 2.24) is 5.32 Å². The Morgan fingerprint density at radius 1 is 1.13 bits per heavy atom. The summed E-state index contributed by atoms with van der Waals surface area (Å²) in [4.78, 5) is 12.0. The Hall–Kier alpha value is -2.75. The van der Waals surface area contributed by atoms with Gasteiger partial charge in [0.25, 0.3) is 0 Å². The second-order valence-electron chi connectivity index (χ2n) is 5.42. The topological polar surface area (TPSA) is 47.6 Å². The highest BCUT2D eigenvalue weighted by Crippen LogP contribution is 2.32. The van der Waals surface area contributed by atoms with E-state index in [4.69, 9.17) is 9.47 Å². The average molecular weight is 309 g/mol. The summed E-state index contributed by atoms with van der Waals surface area (Å²) >= 11 is 0. The van der Waals surface area contributed by atoms with Crippen molar-refractivity contribution >= 4 is 11.5 Å². The third-order valence-electron chi connectivity index (χ3n) is 3.73. The first-order valence-electron chi connectivity index (χ1n) is 7.62. The second-order valence-corrected chi connectivity index (χ2v) is 5.42. The normalized spacial score (nSPS) is 13.0. The van der Waals surface area contributed by atoms with Crippen LogP contribution in [0.25, 0.3) is 5.57 Å². The first-order valence-corrected chi connectivity index (χ1v) is 7.62. The molecule has 2 aromatic rings. The zero-order valence-electron chi connectivity index (χ0n) is 13.0. The van der Waals surface area contributed by atoms with Crippen LogP contribution < -0.4 is 14.8 Å². The molecule has 23 heavy (non-hydrogen) atoms. The molecule has 0 aromatic heterocycles. The molecular weight excluding hydrogens is 290 g/mol. The van der Waals surface area contributed by atoms with Gasteiger partial charge in [-0.1, -0.05) is 36.4 Å². The number of fused-ring (bicyclic) bond motifs is 1. The van der Waals surface area contributed by atoms with Gasteiger partial charge in [-0.2, -0.15) is 0 Å². The Morgan fingerprint density at radius 2 is 1.91 bits per heavy atom. The molecule has 118 valence electrons. The van der Waals surface area contributed by atoms with Crippen molar-refractivity contribution in [3.63, 3.8) is 0 Å². The van der Waals surface area contributed by atoms with Crippen molar-refractivity contribution in [3.05, 3.63) is 65.7 Å². The minimum absolute atomic E-state index is 0.0768. The molecule has 3 rings (SSSR count). The van der Waals surface area contributed by atoms with Crippen LogP contribution in [-0.4, -0.2) is 19.2 Å². The van der Waals surface area contributed by atoms with Gasteiger partial charge in [0.2, 0.25) is 12.7 Å². The molecule has 0 bridgehead atoms. The summed E-state index contributed by atoms with van der Waals surface area (Å²) in [6.07, 6.45) is 2.38. The number of amides is 1. The van der Waals surface area contributed by atoms with Gasteiger partial charge in [-0.3, -0.25) is 4.79 Å². The van der Waals surface area contributed by atoms with Crippen LogP contribution in [0.5, 0.6) is 11.5 Å². The third-order valence-corrected chi connectivity index (χ3v) is 3.73. The van der Waals surface area contributed by atoms with E-state index in [2.05, 4.69) is 5.32 Å². The van der Waals surface area contributed by atoms with E-state index in [0.717, 1.165) is 34.6 Å². The minimum Gasteiger partial charge on any atom is -0.454 e. The minimum atomic E-state index is -0.0768. The monoisotopic (exact) mass is 309 g/mol. The van der Waals surface area contributed by atoms with Crippen molar-refractivity contribution in [2.75, 3.05) is 13.3 Å². The molecule has 0 atom stereocenters. The molecule has 0 aliphatic carbocycles. The van der Waals surface area contributed by atoms with Crippen LogP contribution in [0.2, 0.25) is 0 Å². The molecular formula is C19H19NO3. The van der Waals surface area contributed by atoms with Gasteiger partial charge >= 0.3 is 0 Å². The Morgan fingerprint density at radius 3 is 2.74 bits per heavy atom. The van der Waals surface area contributed by atoms with Crippen LogP contribution in [-0.2, 0) is 11.2 Å². The molecule has 0 spiro atoms. The fourth-order valence-corrected chi connectivity index (χ4v) is 2.46. The highest BCUT2D eigenvalue weighted by Gasteiger charge is 2.12. The molecule has 4 heteroatoms. The fourth-order valence-electron chi connectivity index (χ4n) is 2.46. The number of hydrogen-bond donors (Lipinski definition) is 1. The summed E-state index contributed by atoms with van der Waals surface area (Å²) in [5, 5.41) is 2.91. The van der Waals surface area contributed by atoms with Crippen molar-refractivity contribution in [2.45, 2.75) is 13.3 Å². The van der Waals surface area contributed by atoms with Crippen molar-refractivity contribution in [2.24, 2.45) is 0 Å². The largest absolute Gasteiger partial charge is 0.454 e. The summed E-state index contributed by atoms with van der Waals surface area (Å²) in [6.45, 7) is 2.79. The lowest BCUT2D eigenvalue weighted by Gasteiger charge is -2.05. The number of carbonyl (C=O) groups is 1. The number of hydrogen-bond acceptors (Lipinski definition) is 3. The molecule has 0 unspecified atom stereocenters. The van der Waals surface area contributed by atoms with E-state index in [1.54, 1.807) is 6.08 Å².